The topological polar surface area (TPSA) is 47.3 Å². The summed E-state index contributed by atoms with van der Waals surface area (Å²) in [6, 6.07) is 1.82. The van der Waals surface area contributed by atoms with Crippen molar-refractivity contribution in [1.29, 1.82) is 0 Å². The summed E-state index contributed by atoms with van der Waals surface area (Å²) in [5.41, 5.74) is 9.09. The molecule has 0 amide bonds. The maximum absolute atomic E-state index is 6.22. The van der Waals surface area contributed by atoms with Gasteiger partial charge in [-0.2, -0.15) is 0 Å². The van der Waals surface area contributed by atoms with Crippen molar-refractivity contribution in [3.05, 3.63) is 27.8 Å². The number of likely N-dealkylation sites (N-methyl/N-ethyl adjacent to an activating group) is 1. The molecule has 4 heteroatoms. The molecule has 1 atom stereocenters. The van der Waals surface area contributed by atoms with Gasteiger partial charge < -0.3 is 15.8 Å². The van der Waals surface area contributed by atoms with Crippen LogP contribution >= 0.6 is 11.6 Å². The van der Waals surface area contributed by atoms with Crippen LogP contribution in [0.4, 0.5) is 0 Å². The largest absolute Gasteiger partial charge is 0.496 e. The van der Waals surface area contributed by atoms with Gasteiger partial charge in [-0.25, -0.2) is 0 Å². The lowest BCUT2D eigenvalue weighted by Gasteiger charge is -2.20. The molecular formula is C12H19ClN2O. The van der Waals surface area contributed by atoms with E-state index in [2.05, 4.69) is 5.32 Å². The number of hydrogen-bond donors (Lipinski definition) is 2. The lowest BCUT2D eigenvalue weighted by Crippen LogP contribution is -2.25. The first-order valence-electron chi connectivity index (χ1n) is 5.26. The third-order valence-corrected chi connectivity index (χ3v) is 3.29. The Morgan fingerprint density at radius 1 is 1.50 bits per heavy atom. The minimum absolute atomic E-state index is 0.113. The molecule has 0 aliphatic rings. The molecule has 90 valence electrons. The van der Waals surface area contributed by atoms with E-state index < -0.39 is 0 Å². The van der Waals surface area contributed by atoms with Gasteiger partial charge in [-0.15, -0.1) is 0 Å². The maximum atomic E-state index is 6.22. The molecule has 16 heavy (non-hydrogen) atoms. The van der Waals surface area contributed by atoms with Crippen molar-refractivity contribution >= 4 is 11.6 Å². The zero-order chi connectivity index (χ0) is 12.3. The normalized spacial score (nSPS) is 12.6. The van der Waals surface area contributed by atoms with Gasteiger partial charge in [-0.3, -0.25) is 0 Å². The van der Waals surface area contributed by atoms with E-state index in [0.29, 0.717) is 6.54 Å². The molecule has 1 rings (SSSR count). The van der Waals surface area contributed by atoms with Crippen LogP contribution in [0.5, 0.6) is 5.75 Å². The van der Waals surface area contributed by atoms with E-state index in [0.717, 1.165) is 27.5 Å². The highest BCUT2D eigenvalue weighted by Crippen LogP contribution is 2.34. The second-order valence-corrected chi connectivity index (χ2v) is 4.29. The molecule has 3 nitrogen and oxygen atoms in total. The molecule has 0 aliphatic heterocycles. The summed E-state index contributed by atoms with van der Waals surface area (Å²) >= 11 is 6.22. The average molecular weight is 243 g/mol. The smallest absolute Gasteiger partial charge is 0.124 e. The third-order valence-electron chi connectivity index (χ3n) is 2.71. The lowest BCUT2D eigenvalue weighted by atomic mass is 9.98. The highest BCUT2D eigenvalue weighted by Gasteiger charge is 2.17. The van der Waals surface area contributed by atoms with Gasteiger partial charge in [0.15, 0.2) is 0 Å². The van der Waals surface area contributed by atoms with E-state index in [-0.39, 0.29) is 6.04 Å². The predicted octanol–water partition coefficient (Wildman–Crippen LogP) is 2.18. The van der Waals surface area contributed by atoms with Gasteiger partial charge in [0.05, 0.1) is 7.11 Å². The van der Waals surface area contributed by atoms with Crippen LogP contribution in [0.3, 0.4) is 0 Å². The first-order valence-corrected chi connectivity index (χ1v) is 5.64. The summed E-state index contributed by atoms with van der Waals surface area (Å²) in [6.45, 7) is 4.63. The van der Waals surface area contributed by atoms with E-state index >= 15 is 0 Å². The molecular weight excluding hydrogens is 224 g/mol. The summed E-state index contributed by atoms with van der Waals surface area (Å²) in [6.07, 6.45) is 0. The van der Waals surface area contributed by atoms with Crippen molar-refractivity contribution in [1.82, 2.24) is 5.32 Å². The summed E-state index contributed by atoms with van der Waals surface area (Å²) in [7, 11) is 3.52. The van der Waals surface area contributed by atoms with Gasteiger partial charge in [-0.05, 0) is 38.1 Å². The quantitative estimate of drug-likeness (QED) is 0.851. The fourth-order valence-electron chi connectivity index (χ4n) is 1.89. The molecule has 3 N–H and O–H groups in total. The maximum Gasteiger partial charge on any atom is 0.124 e. The van der Waals surface area contributed by atoms with Gasteiger partial charge in [0.25, 0.3) is 0 Å². The number of halogens is 1. The highest BCUT2D eigenvalue weighted by atomic mass is 35.5. The molecule has 0 saturated heterocycles. The second kappa shape index (κ2) is 5.53. The van der Waals surface area contributed by atoms with Crippen molar-refractivity contribution < 1.29 is 4.74 Å². The zero-order valence-corrected chi connectivity index (χ0v) is 11.0. The number of nitrogens with two attached hydrogens (primary N) is 1. The van der Waals surface area contributed by atoms with Gasteiger partial charge in [0.2, 0.25) is 0 Å². The number of rotatable bonds is 4. The van der Waals surface area contributed by atoms with E-state index in [4.69, 9.17) is 22.1 Å². The number of ether oxygens (including phenoxy) is 1. The Hall–Kier alpha value is -0.770. The summed E-state index contributed by atoms with van der Waals surface area (Å²) in [5, 5.41) is 3.82. The van der Waals surface area contributed by atoms with Gasteiger partial charge >= 0.3 is 0 Å². The van der Waals surface area contributed by atoms with Crippen LogP contribution < -0.4 is 15.8 Å². The Kier molecular flexibility index (Phi) is 4.59. The number of benzene rings is 1. The summed E-state index contributed by atoms with van der Waals surface area (Å²) < 4.78 is 5.36. The number of aryl methyl sites for hydroxylation is 1. The SMILES string of the molecule is CNCC(N)c1c(OC)cc(C)c(Cl)c1C. The molecule has 0 radical (unpaired) electrons. The summed E-state index contributed by atoms with van der Waals surface area (Å²) in [4.78, 5) is 0. The Morgan fingerprint density at radius 2 is 2.12 bits per heavy atom. The molecule has 0 aromatic heterocycles. The standard InChI is InChI=1S/C12H19ClN2O/c1-7-5-10(16-4)11(8(2)12(7)13)9(14)6-15-3/h5,9,15H,6,14H2,1-4H3. The van der Waals surface area contributed by atoms with Crippen LogP contribution in [-0.4, -0.2) is 20.7 Å². The van der Waals surface area contributed by atoms with E-state index in [1.54, 1.807) is 7.11 Å². The van der Waals surface area contributed by atoms with E-state index in [9.17, 15) is 0 Å². The van der Waals surface area contributed by atoms with Crippen molar-refractivity contribution in [3.63, 3.8) is 0 Å². The van der Waals surface area contributed by atoms with Gasteiger partial charge in [0.1, 0.15) is 5.75 Å². The molecule has 1 unspecified atom stereocenters. The first-order chi connectivity index (χ1) is 7.52. The Labute approximate surface area is 102 Å². The van der Waals surface area contributed by atoms with Crippen LogP contribution in [0.25, 0.3) is 0 Å². The average Bonchev–Trinajstić information content (AvgIpc) is 2.25. The van der Waals surface area contributed by atoms with Gasteiger partial charge in [-0.1, -0.05) is 11.6 Å². The molecule has 0 bridgehead atoms. The van der Waals surface area contributed by atoms with Crippen molar-refractivity contribution in [3.8, 4) is 5.75 Å². The lowest BCUT2D eigenvalue weighted by molar-refractivity contribution is 0.404. The summed E-state index contributed by atoms with van der Waals surface area (Å²) in [5.74, 6) is 0.808. The van der Waals surface area contributed by atoms with Crippen molar-refractivity contribution in [2.24, 2.45) is 5.73 Å². The van der Waals surface area contributed by atoms with E-state index in [1.165, 1.54) is 0 Å². The molecule has 0 saturated carbocycles. The van der Waals surface area contributed by atoms with Crippen molar-refractivity contribution in [2.45, 2.75) is 19.9 Å². The third kappa shape index (κ3) is 2.48. The zero-order valence-electron chi connectivity index (χ0n) is 10.2. The van der Waals surface area contributed by atoms with Gasteiger partial charge in [0, 0.05) is 23.2 Å². The minimum Gasteiger partial charge on any atom is -0.496 e. The van der Waals surface area contributed by atoms with Crippen LogP contribution in [0.2, 0.25) is 5.02 Å². The molecule has 0 aliphatic carbocycles. The molecule has 1 aromatic rings. The molecule has 0 spiro atoms. The number of nitrogens with one attached hydrogen (secondary N) is 1. The fraction of sp³-hybridized carbons (Fsp3) is 0.500. The second-order valence-electron chi connectivity index (χ2n) is 3.91. The molecule has 0 heterocycles. The van der Waals surface area contributed by atoms with Crippen LogP contribution in [0.15, 0.2) is 6.07 Å². The van der Waals surface area contributed by atoms with Crippen molar-refractivity contribution in [2.75, 3.05) is 20.7 Å². The predicted molar refractivity (Wildman–Crippen MR) is 68.3 cm³/mol. The Morgan fingerprint density at radius 3 is 2.62 bits per heavy atom. The first kappa shape index (κ1) is 13.3. The van der Waals surface area contributed by atoms with E-state index in [1.807, 2.05) is 27.0 Å². The minimum atomic E-state index is -0.113. The Balaban J connectivity index is 3.29. The highest BCUT2D eigenvalue weighted by molar-refractivity contribution is 6.32. The molecule has 0 fully saturated rings. The fourth-order valence-corrected chi connectivity index (χ4v) is 2.04. The number of hydrogen-bond acceptors (Lipinski definition) is 3. The van der Waals surface area contributed by atoms with Crippen LogP contribution in [-0.2, 0) is 0 Å². The molecule has 1 aromatic carbocycles. The van der Waals surface area contributed by atoms with Crippen LogP contribution in [0, 0.1) is 13.8 Å². The van der Waals surface area contributed by atoms with Crippen LogP contribution in [0.1, 0.15) is 22.7 Å². The number of methoxy groups -OCH3 is 1. The Bertz CT molecular complexity index is 380. The monoisotopic (exact) mass is 242 g/mol.